The predicted octanol–water partition coefficient (Wildman–Crippen LogP) is 3.71. The van der Waals surface area contributed by atoms with Crippen LogP contribution >= 0.6 is 15.9 Å². The predicted molar refractivity (Wildman–Crippen MR) is 82.2 cm³/mol. The number of nitrogens with one attached hydrogen (secondary N) is 1. The fraction of sp³-hybridized carbons (Fsp3) is 0.400. The van der Waals surface area contributed by atoms with Crippen LogP contribution in [0.1, 0.15) is 26.7 Å². The molecule has 3 nitrogen and oxygen atoms in total. The molecule has 0 radical (unpaired) electrons. The first-order valence-corrected chi connectivity index (χ1v) is 7.44. The molecule has 1 N–H and O–H groups in total. The van der Waals surface area contributed by atoms with Crippen molar-refractivity contribution < 1.29 is 4.79 Å². The lowest BCUT2D eigenvalue weighted by Gasteiger charge is -2.13. The van der Waals surface area contributed by atoms with Crippen molar-refractivity contribution in [1.82, 2.24) is 9.88 Å². The number of benzene rings is 1. The minimum atomic E-state index is 0.0680. The number of rotatable bonds is 5. The number of hydrogen-bond acceptors (Lipinski definition) is 1. The number of halogens is 1. The first kappa shape index (κ1) is 14.1. The van der Waals surface area contributed by atoms with Crippen LogP contribution in [0.4, 0.5) is 0 Å². The van der Waals surface area contributed by atoms with Crippen LogP contribution in [0.5, 0.6) is 0 Å². The number of aromatic nitrogens is 1. The molecular weight excluding hydrogens is 304 g/mol. The van der Waals surface area contributed by atoms with Gasteiger partial charge in [0.15, 0.2) is 0 Å². The monoisotopic (exact) mass is 322 g/mol. The molecule has 1 atom stereocenters. The smallest absolute Gasteiger partial charge is 0.240 e. The second-order valence-electron chi connectivity index (χ2n) is 4.87. The minimum Gasteiger partial charge on any atom is -0.352 e. The average Bonchev–Trinajstić information content (AvgIpc) is 2.74. The van der Waals surface area contributed by atoms with Crippen molar-refractivity contribution in [3.05, 3.63) is 34.9 Å². The van der Waals surface area contributed by atoms with Gasteiger partial charge in [0, 0.05) is 27.6 Å². The van der Waals surface area contributed by atoms with E-state index < -0.39 is 0 Å². The molecule has 0 aliphatic heterocycles. The zero-order valence-electron chi connectivity index (χ0n) is 11.3. The van der Waals surface area contributed by atoms with E-state index in [4.69, 9.17) is 0 Å². The Balaban J connectivity index is 2.09. The lowest BCUT2D eigenvalue weighted by molar-refractivity contribution is -0.122. The highest BCUT2D eigenvalue weighted by atomic mass is 79.9. The van der Waals surface area contributed by atoms with E-state index in [1.165, 1.54) is 0 Å². The van der Waals surface area contributed by atoms with Gasteiger partial charge in [0.2, 0.25) is 5.91 Å². The second-order valence-corrected chi connectivity index (χ2v) is 5.73. The molecule has 0 spiro atoms. The Hall–Kier alpha value is -1.29. The number of amides is 1. The number of fused-ring (bicyclic) bond motifs is 1. The van der Waals surface area contributed by atoms with Gasteiger partial charge in [-0.25, -0.2) is 0 Å². The number of hydrogen-bond donors (Lipinski definition) is 1. The van der Waals surface area contributed by atoms with Crippen molar-refractivity contribution in [2.75, 3.05) is 0 Å². The van der Waals surface area contributed by atoms with Crippen LogP contribution in [0.3, 0.4) is 0 Å². The van der Waals surface area contributed by atoms with Gasteiger partial charge in [-0.05, 0) is 31.5 Å². The summed E-state index contributed by atoms with van der Waals surface area (Å²) in [5.74, 6) is 0.0680. The van der Waals surface area contributed by atoms with Crippen molar-refractivity contribution in [3.8, 4) is 0 Å². The molecule has 1 unspecified atom stereocenters. The molecule has 1 aromatic carbocycles. The lowest BCUT2D eigenvalue weighted by Crippen LogP contribution is -2.34. The van der Waals surface area contributed by atoms with Crippen LogP contribution < -0.4 is 5.32 Å². The van der Waals surface area contributed by atoms with Crippen molar-refractivity contribution in [2.45, 2.75) is 39.3 Å². The molecule has 102 valence electrons. The molecule has 2 aromatic rings. The van der Waals surface area contributed by atoms with Gasteiger partial charge in [-0.15, -0.1) is 0 Å². The Labute approximate surface area is 122 Å². The molecule has 1 amide bonds. The van der Waals surface area contributed by atoms with Gasteiger partial charge in [-0.3, -0.25) is 4.79 Å². The molecule has 1 aromatic heterocycles. The standard InChI is InChI=1S/C15H19BrN2O/c1-3-5-11(2)17-15(19)10-18-9-8-12-13(16)6-4-7-14(12)18/h4,6-9,11H,3,5,10H2,1-2H3,(H,17,19). The van der Waals surface area contributed by atoms with E-state index in [9.17, 15) is 4.79 Å². The molecule has 1 heterocycles. The molecular formula is C15H19BrN2O. The molecule has 0 bridgehead atoms. The van der Waals surface area contributed by atoms with E-state index >= 15 is 0 Å². The number of carbonyl (C=O) groups is 1. The molecule has 0 fully saturated rings. The van der Waals surface area contributed by atoms with Crippen molar-refractivity contribution in [2.24, 2.45) is 0 Å². The van der Waals surface area contributed by atoms with Crippen LogP contribution in [0, 0.1) is 0 Å². The molecule has 0 aliphatic rings. The second kappa shape index (κ2) is 6.24. The summed E-state index contributed by atoms with van der Waals surface area (Å²) in [5.41, 5.74) is 1.08. The molecule has 0 saturated heterocycles. The number of nitrogens with zero attached hydrogens (tertiary/aromatic N) is 1. The summed E-state index contributed by atoms with van der Waals surface area (Å²) in [6, 6.07) is 8.30. The van der Waals surface area contributed by atoms with Crippen molar-refractivity contribution in [3.63, 3.8) is 0 Å². The normalized spacial score (nSPS) is 12.6. The SMILES string of the molecule is CCCC(C)NC(=O)Cn1ccc2c(Br)cccc21. The Kier molecular flexibility index (Phi) is 4.64. The Bertz CT molecular complexity index is 577. The van der Waals surface area contributed by atoms with Gasteiger partial charge in [-0.1, -0.05) is 35.3 Å². The fourth-order valence-corrected chi connectivity index (χ4v) is 2.79. The van der Waals surface area contributed by atoms with Gasteiger partial charge in [0.05, 0.1) is 0 Å². The van der Waals surface area contributed by atoms with E-state index in [0.29, 0.717) is 6.54 Å². The van der Waals surface area contributed by atoms with Gasteiger partial charge < -0.3 is 9.88 Å². The zero-order chi connectivity index (χ0) is 13.8. The Morgan fingerprint density at radius 1 is 1.42 bits per heavy atom. The maximum Gasteiger partial charge on any atom is 0.240 e. The highest BCUT2D eigenvalue weighted by molar-refractivity contribution is 9.10. The summed E-state index contributed by atoms with van der Waals surface area (Å²) < 4.78 is 3.04. The maximum atomic E-state index is 12.0. The van der Waals surface area contributed by atoms with Gasteiger partial charge in [0.25, 0.3) is 0 Å². The number of carbonyl (C=O) groups excluding carboxylic acids is 1. The topological polar surface area (TPSA) is 34.0 Å². The summed E-state index contributed by atoms with van der Waals surface area (Å²) in [4.78, 5) is 12.0. The molecule has 19 heavy (non-hydrogen) atoms. The lowest BCUT2D eigenvalue weighted by atomic mass is 10.2. The van der Waals surface area contributed by atoms with E-state index in [-0.39, 0.29) is 11.9 Å². The molecule has 2 rings (SSSR count). The van der Waals surface area contributed by atoms with E-state index in [2.05, 4.69) is 28.2 Å². The summed E-state index contributed by atoms with van der Waals surface area (Å²) in [6.45, 7) is 4.54. The first-order chi connectivity index (χ1) is 9.11. The van der Waals surface area contributed by atoms with Gasteiger partial charge >= 0.3 is 0 Å². The van der Waals surface area contributed by atoms with Crippen LogP contribution in [-0.4, -0.2) is 16.5 Å². The van der Waals surface area contributed by atoms with Crippen LogP contribution in [0.15, 0.2) is 34.9 Å². The maximum absolute atomic E-state index is 12.0. The Morgan fingerprint density at radius 3 is 2.95 bits per heavy atom. The molecule has 0 aliphatic carbocycles. The fourth-order valence-electron chi connectivity index (χ4n) is 2.30. The summed E-state index contributed by atoms with van der Waals surface area (Å²) in [6.07, 6.45) is 4.06. The van der Waals surface area contributed by atoms with E-state index in [0.717, 1.165) is 28.2 Å². The zero-order valence-corrected chi connectivity index (χ0v) is 12.9. The third-order valence-electron chi connectivity index (χ3n) is 3.20. The highest BCUT2D eigenvalue weighted by Gasteiger charge is 2.09. The molecule has 4 heteroatoms. The van der Waals surface area contributed by atoms with Gasteiger partial charge in [-0.2, -0.15) is 0 Å². The minimum absolute atomic E-state index is 0.0680. The van der Waals surface area contributed by atoms with Crippen LogP contribution in [-0.2, 0) is 11.3 Å². The largest absolute Gasteiger partial charge is 0.352 e. The van der Waals surface area contributed by atoms with Crippen molar-refractivity contribution in [1.29, 1.82) is 0 Å². The summed E-state index contributed by atoms with van der Waals surface area (Å²) in [5, 5.41) is 4.16. The van der Waals surface area contributed by atoms with Gasteiger partial charge in [0.1, 0.15) is 6.54 Å². The first-order valence-electron chi connectivity index (χ1n) is 6.64. The summed E-state index contributed by atoms with van der Waals surface area (Å²) >= 11 is 3.52. The van der Waals surface area contributed by atoms with Crippen LogP contribution in [0.2, 0.25) is 0 Å². The van der Waals surface area contributed by atoms with E-state index in [1.54, 1.807) is 0 Å². The highest BCUT2D eigenvalue weighted by Crippen LogP contribution is 2.24. The Morgan fingerprint density at radius 2 is 2.21 bits per heavy atom. The average molecular weight is 323 g/mol. The molecule has 0 saturated carbocycles. The third-order valence-corrected chi connectivity index (χ3v) is 3.90. The third kappa shape index (κ3) is 3.38. The van der Waals surface area contributed by atoms with Crippen LogP contribution in [0.25, 0.3) is 10.9 Å². The quantitative estimate of drug-likeness (QED) is 0.894. The van der Waals surface area contributed by atoms with Crippen molar-refractivity contribution >= 4 is 32.7 Å². The summed E-state index contributed by atoms with van der Waals surface area (Å²) in [7, 11) is 0. The van der Waals surface area contributed by atoms with E-state index in [1.807, 2.05) is 42.0 Å².